The lowest BCUT2D eigenvalue weighted by atomic mass is 9.95. The molecule has 0 radical (unpaired) electrons. The Morgan fingerprint density at radius 2 is 2.00 bits per heavy atom. The van der Waals surface area contributed by atoms with Crippen LogP contribution in [0.2, 0.25) is 0 Å². The molecule has 1 aliphatic rings. The highest BCUT2D eigenvalue weighted by molar-refractivity contribution is 7.09. The summed E-state index contributed by atoms with van der Waals surface area (Å²) in [6.07, 6.45) is 1.69. The van der Waals surface area contributed by atoms with Crippen molar-refractivity contribution in [2.24, 2.45) is 5.92 Å². The first-order valence-electron chi connectivity index (χ1n) is 10.5. The Hall–Kier alpha value is -2.77. The van der Waals surface area contributed by atoms with Crippen molar-refractivity contribution < 1.29 is 13.9 Å². The lowest BCUT2D eigenvalue weighted by molar-refractivity contribution is -0.121. The summed E-state index contributed by atoms with van der Waals surface area (Å²) in [6, 6.07) is 13.6. The van der Waals surface area contributed by atoms with Crippen LogP contribution in [0.3, 0.4) is 0 Å². The van der Waals surface area contributed by atoms with Crippen LogP contribution in [-0.2, 0) is 17.9 Å². The standard InChI is InChI=1S/C24H26FN3O2S/c1-17-26-22(16-31-17)14-28-11-9-19(10-12-28)24(29)27-21-3-2-4-23(13-21)30-15-18-5-7-20(25)8-6-18/h2-8,13,16,19H,9-12,14-15H2,1H3,(H,27,29). The quantitative estimate of drug-likeness (QED) is 0.562. The van der Waals surface area contributed by atoms with Crippen LogP contribution in [0.4, 0.5) is 10.1 Å². The highest BCUT2D eigenvalue weighted by Gasteiger charge is 2.25. The van der Waals surface area contributed by atoms with E-state index in [0.717, 1.165) is 54.4 Å². The Morgan fingerprint density at radius 3 is 2.71 bits per heavy atom. The third kappa shape index (κ3) is 6.12. The van der Waals surface area contributed by atoms with E-state index >= 15 is 0 Å². The number of anilines is 1. The third-order valence-electron chi connectivity index (χ3n) is 5.43. The maximum Gasteiger partial charge on any atom is 0.227 e. The molecule has 1 saturated heterocycles. The number of benzene rings is 2. The molecular formula is C24H26FN3O2S. The largest absolute Gasteiger partial charge is 0.489 e. The molecule has 0 spiro atoms. The zero-order valence-electron chi connectivity index (χ0n) is 17.5. The predicted octanol–water partition coefficient (Wildman–Crippen LogP) is 5.02. The third-order valence-corrected chi connectivity index (χ3v) is 6.25. The van der Waals surface area contributed by atoms with Crippen molar-refractivity contribution in [1.82, 2.24) is 9.88 Å². The monoisotopic (exact) mass is 439 g/mol. The first kappa shape index (κ1) is 21.5. The molecule has 1 amide bonds. The van der Waals surface area contributed by atoms with E-state index in [0.29, 0.717) is 12.4 Å². The second kappa shape index (κ2) is 10.0. The molecule has 4 rings (SSSR count). The van der Waals surface area contributed by atoms with Crippen LogP contribution in [0.15, 0.2) is 53.9 Å². The van der Waals surface area contributed by atoms with Crippen molar-refractivity contribution in [3.63, 3.8) is 0 Å². The van der Waals surface area contributed by atoms with Crippen LogP contribution >= 0.6 is 11.3 Å². The zero-order valence-corrected chi connectivity index (χ0v) is 18.3. The number of rotatable bonds is 7. The number of aryl methyl sites for hydroxylation is 1. The van der Waals surface area contributed by atoms with E-state index in [1.807, 2.05) is 31.2 Å². The van der Waals surface area contributed by atoms with E-state index in [4.69, 9.17) is 4.74 Å². The number of nitrogens with one attached hydrogen (secondary N) is 1. The topological polar surface area (TPSA) is 54.5 Å². The first-order valence-corrected chi connectivity index (χ1v) is 11.3. The van der Waals surface area contributed by atoms with E-state index in [1.165, 1.54) is 12.1 Å². The van der Waals surface area contributed by atoms with E-state index in [-0.39, 0.29) is 17.6 Å². The molecule has 2 heterocycles. The molecule has 7 heteroatoms. The molecule has 0 bridgehead atoms. The Balaban J connectivity index is 1.25. The van der Waals surface area contributed by atoms with Gasteiger partial charge in [-0.15, -0.1) is 11.3 Å². The SMILES string of the molecule is Cc1nc(CN2CCC(C(=O)Nc3cccc(OCc4ccc(F)cc4)c3)CC2)cs1. The van der Waals surface area contributed by atoms with E-state index in [1.54, 1.807) is 23.5 Å². The van der Waals surface area contributed by atoms with Crippen molar-refractivity contribution >= 4 is 22.9 Å². The summed E-state index contributed by atoms with van der Waals surface area (Å²) in [5, 5.41) is 6.23. The van der Waals surface area contributed by atoms with Crippen LogP contribution < -0.4 is 10.1 Å². The molecule has 31 heavy (non-hydrogen) atoms. The summed E-state index contributed by atoms with van der Waals surface area (Å²) in [5.74, 6) is 0.463. The number of amides is 1. The lowest BCUT2D eigenvalue weighted by Gasteiger charge is -2.30. The Labute approximate surface area is 185 Å². The number of likely N-dealkylation sites (tertiary alicyclic amines) is 1. The fraction of sp³-hybridized carbons (Fsp3) is 0.333. The number of nitrogens with zero attached hydrogens (tertiary/aromatic N) is 2. The molecule has 3 aromatic rings. The number of hydrogen-bond acceptors (Lipinski definition) is 5. The lowest BCUT2D eigenvalue weighted by Crippen LogP contribution is -2.37. The highest BCUT2D eigenvalue weighted by Crippen LogP contribution is 2.23. The second-order valence-corrected chi connectivity index (χ2v) is 8.90. The molecule has 0 unspecified atom stereocenters. The summed E-state index contributed by atoms with van der Waals surface area (Å²) >= 11 is 1.68. The summed E-state index contributed by atoms with van der Waals surface area (Å²) in [5.41, 5.74) is 2.72. The van der Waals surface area contributed by atoms with Crippen molar-refractivity contribution in [2.45, 2.75) is 32.9 Å². The summed E-state index contributed by atoms with van der Waals surface area (Å²) < 4.78 is 18.8. The van der Waals surface area contributed by atoms with Gasteiger partial charge in [-0.2, -0.15) is 0 Å². The Kier molecular flexibility index (Phi) is 6.94. The summed E-state index contributed by atoms with van der Waals surface area (Å²) in [6.45, 7) is 5.01. The maximum atomic E-state index is 13.0. The molecule has 0 saturated carbocycles. The average molecular weight is 440 g/mol. The molecule has 0 atom stereocenters. The van der Waals surface area contributed by atoms with Crippen LogP contribution in [0.25, 0.3) is 0 Å². The summed E-state index contributed by atoms with van der Waals surface area (Å²) in [7, 11) is 0. The van der Waals surface area contributed by atoms with Gasteiger partial charge in [-0.3, -0.25) is 9.69 Å². The van der Waals surface area contributed by atoms with Crippen molar-refractivity contribution in [2.75, 3.05) is 18.4 Å². The van der Waals surface area contributed by atoms with Crippen molar-refractivity contribution in [1.29, 1.82) is 0 Å². The van der Waals surface area contributed by atoms with Crippen LogP contribution in [0.1, 0.15) is 29.1 Å². The number of piperidine rings is 1. The molecule has 1 aromatic heterocycles. The van der Waals surface area contributed by atoms with Crippen LogP contribution in [-0.4, -0.2) is 28.9 Å². The van der Waals surface area contributed by atoms with Crippen LogP contribution in [0, 0.1) is 18.7 Å². The van der Waals surface area contributed by atoms with Gasteiger partial charge in [0, 0.05) is 29.6 Å². The van der Waals surface area contributed by atoms with Crippen molar-refractivity contribution in [3.8, 4) is 5.75 Å². The van der Waals surface area contributed by atoms with Crippen LogP contribution in [0.5, 0.6) is 5.75 Å². The number of halogens is 1. The fourth-order valence-corrected chi connectivity index (χ4v) is 4.32. The molecule has 1 N–H and O–H groups in total. The average Bonchev–Trinajstić information content (AvgIpc) is 3.18. The molecule has 1 aliphatic heterocycles. The minimum absolute atomic E-state index is 0.0113. The smallest absolute Gasteiger partial charge is 0.227 e. The number of ether oxygens (including phenoxy) is 1. The van der Waals surface area contributed by atoms with Gasteiger partial charge in [0.25, 0.3) is 0 Å². The molecule has 2 aromatic carbocycles. The van der Waals surface area contributed by atoms with Gasteiger partial charge in [0.1, 0.15) is 18.2 Å². The zero-order chi connectivity index (χ0) is 21.6. The van der Waals surface area contributed by atoms with Gasteiger partial charge < -0.3 is 10.1 Å². The first-order chi connectivity index (χ1) is 15.0. The fourth-order valence-electron chi connectivity index (χ4n) is 3.72. The minimum Gasteiger partial charge on any atom is -0.489 e. The number of thiazole rings is 1. The molecule has 0 aliphatic carbocycles. The van der Waals surface area contributed by atoms with E-state index < -0.39 is 0 Å². The van der Waals surface area contributed by atoms with E-state index in [2.05, 4.69) is 20.6 Å². The van der Waals surface area contributed by atoms with Gasteiger partial charge in [-0.05, 0) is 62.7 Å². The normalized spacial score (nSPS) is 15.0. The molecule has 162 valence electrons. The Bertz CT molecular complexity index is 1010. The molecule has 5 nitrogen and oxygen atoms in total. The Morgan fingerprint density at radius 1 is 1.23 bits per heavy atom. The molecule has 1 fully saturated rings. The number of carbonyl (C=O) groups excluding carboxylic acids is 1. The summed E-state index contributed by atoms with van der Waals surface area (Å²) in [4.78, 5) is 19.6. The van der Waals surface area contributed by atoms with Crippen molar-refractivity contribution in [3.05, 3.63) is 76.0 Å². The minimum atomic E-state index is -0.266. The predicted molar refractivity (Wildman–Crippen MR) is 121 cm³/mol. The van der Waals surface area contributed by atoms with Gasteiger partial charge in [0.2, 0.25) is 5.91 Å². The second-order valence-electron chi connectivity index (χ2n) is 7.84. The van der Waals surface area contributed by atoms with Gasteiger partial charge >= 0.3 is 0 Å². The highest BCUT2D eigenvalue weighted by atomic mass is 32.1. The maximum absolute atomic E-state index is 13.0. The number of hydrogen-bond donors (Lipinski definition) is 1. The van der Waals surface area contributed by atoms with Gasteiger partial charge in [0.05, 0.1) is 10.7 Å². The molecular weight excluding hydrogens is 413 g/mol. The number of carbonyl (C=O) groups is 1. The van der Waals surface area contributed by atoms with E-state index in [9.17, 15) is 9.18 Å². The number of aromatic nitrogens is 1. The van der Waals surface area contributed by atoms with Gasteiger partial charge in [-0.25, -0.2) is 9.37 Å². The van der Waals surface area contributed by atoms with Gasteiger partial charge in [0.15, 0.2) is 0 Å². The van der Waals surface area contributed by atoms with Gasteiger partial charge in [-0.1, -0.05) is 18.2 Å².